The predicted octanol–water partition coefficient (Wildman–Crippen LogP) is 3.23. The molecule has 2 N–H and O–H groups in total. The van der Waals surface area contributed by atoms with Gasteiger partial charge in [0.25, 0.3) is 0 Å². The molecule has 0 radical (unpaired) electrons. The molecule has 1 aromatic carbocycles. The third kappa shape index (κ3) is 3.83. The minimum absolute atomic E-state index is 0.437. The Bertz CT molecular complexity index is 561. The quantitative estimate of drug-likeness (QED) is 0.833. The molecule has 0 spiro atoms. The van der Waals surface area contributed by atoms with Gasteiger partial charge in [0.1, 0.15) is 0 Å². The normalized spacial score (nSPS) is 17.6. The summed E-state index contributed by atoms with van der Waals surface area (Å²) >= 11 is 1.85. The van der Waals surface area contributed by atoms with Crippen LogP contribution in [-0.2, 0) is 11.3 Å². The molecular weight excluding hydrogens is 280 g/mol. The summed E-state index contributed by atoms with van der Waals surface area (Å²) in [4.78, 5) is 2.55. The molecule has 1 aromatic heterocycles. The van der Waals surface area contributed by atoms with E-state index in [0.29, 0.717) is 6.10 Å². The third-order valence-corrected chi connectivity index (χ3v) is 5.20. The number of thiophene rings is 1. The molecule has 0 aliphatic carbocycles. The summed E-state index contributed by atoms with van der Waals surface area (Å²) in [5.74, 6) is 0. The fraction of sp³-hybridized carbons (Fsp3) is 0.529. The van der Waals surface area contributed by atoms with Crippen molar-refractivity contribution in [1.29, 1.82) is 0 Å². The lowest BCUT2D eigenvalue weighted by molar-refractivity contribution is 0.00573. The first-order chi connectivity index (χ1) is 10.4. The van der Waals surface area contributed by atoms with Gasteiger partial charge in [-0.2, -0.15) is 0 Å². The lowest BCUT2D eigenvalue weighted by Gasteiger charge is -2.31. The van der Waals surface area contributed by atoms with E-state index in [2.05, 4.69) is 34.5 Å². The molecule has 0 unspecified atom stereocenters. The molecule has 1 saturated heterocycles. The molecule has 0 amide bonds. The van der Waals surface area contributed by atoms with Crippen LogP contribution in [0.4, 0.5) is 0 Å². The van der Waals surface area contributed by atoms with Gasteiger partial charge in [0.15, 0.2) is 0 Å². The van der Waals surface area contributed by atoms with Crippen LogP contribution in [0.1, 0.15) is 24.8 Å². The van der Waals surface area contributed by atoms with Crippen molar-refractivity contribution in [3.05, 3.63) is 35.2 Å². The number of fused-ring (bicyclic) bond motifs is 1. The van der Waals surface area contributed by atoms with E-state index in [1.165, 1.54) is 15.6 Å². The van der Waals surface area contributed by atoms with E-state index < -0.39 is 0 Å². The van der Waals surface area contributed by atoms with Gasteiger partial charge in [0.05, 0.1) is 6.10 Å². The second kappa shape index (κ2) is 7.36. The maximum Gasteiger partial charge on any atom is 0.0599 e. The fourth-order valence-electron chi connectivity index (χ4n) is 2.96. The van der Waals surface area contributed by atoms with E-state index >= 15 is 0 Å². The van der Waals surface area contributed by atoms with Crippen molar-refractivity contribution in [3.8, 4) is 0 Å². The first kappa shape index (κ1) is 15.0. The maximum absolute atomic E-state index is 5.87. The van der Waals surface area contributed by atoms with Gasteiger partial charge in [-0.15, -0.1) is 11.3 Å². The highest BCUT2D eigenvalue weighted by molar-refractivity contribution is 7.17. The van der Waals surface area contributed by atoms with Gasteiger partial charge in [-0.05, 0) is 48.2 Å². The Morgan fingerprint density at radius 2 is 2.05 bits per heavy atom. The zero-order valence-electron chi connectivity index (χ0n) is 12.5. The molecule has 0 atom stereocenters. The standard InChI is InChI=1S/C17H24N2OS/c18-8-3-11-20-15-6-9-19(10-7-15)12-14-13-21-17-5-2-1-4-16(14)17/h1-2,4-5,13,15H,3,6-12,18H2. The van der Waals surface area contributed by atoms with Crippen LogP contribution in [0.2, 0.25) is 0 Å². The van der Waals surface area contributed by atoms with Crippen LogP contribution in [0.5, 0.6) is 0 Å². The van der Waals surface area contributed by atoms with Crippen molar-refractivity contribution in [1.82, 2.24) is 4.90 Å². The second-order valence-electron chi connectivity index (χ2n) is 5.75. The average molecular weight is 304 g/mol. The largest absolute Gasteiger partial charge is 0.378 e. The molecule has 2 aromatic rings. The Balaban J connectivity index is 1.51. The Morgan fingerprint density at radius 3 is 2.86 bits per heavy atom. The molecule has 3 nitrogen and oxygen atoms in total. The highest BCUT2D eigenvalue weighted by Gasteiger charge is 2.20. The number of rotatable bonds is 6. The van der Waals surface area contributed by atoms with Crippen molar-refractivity contribution in [2.45, 2.75) is 31.9 Å². The number of piperidine rings is 1. The van der Waals surface area contributed by atoms with E-state index in [0.717, 1.165) is 52.0 Å². The molecule has 0 saturated carbocycles. The molecule has 21 heavy (non-hydrogen) atoms. The van der Waals surface area contributed by atoms with Gasteiger partial charge in [0.2, 0.25) is 0 Å². The zero-order chi connectivity index (χ0) is 14.5. The van der Waals surface area contributed by atoms with E-state index in [1.807, 2.05) is 11.3 Å². The summed E-state index contributed by atoms with van der Waals surface area (Å²) < 4.78 is 7.27. The smallest absolute Gasteiger partial charge is 0.0599 e. The maximum atomic E-state index is 5.87. The molecule has 3 rings (SSSR count). The molecular formula is C17H24N2OS. The summed E-state index contributed by atoms with van der Waals surface area (Å²) in [6.07, 6.45) is 3.70. The molecule has 0 bridgehead atoms. The van der Waals surface area contributed by atoms with Crippen molar-refractivity contribution < 1.29 is 4.74 Å². The van der Waals surface area contributed by atoms with E-state index in [1.54, 1.807) is 0 Å². The van der Waals surface area contributed by atoms with Crippen LogP contribution in [0.15, 0.2) is 29.6 Å². The van der Waals surface area contributed by atoms with Gasteiger partial charge >= 0.3 is 0 Å². The first-order valence-corrected chi connectivity index (χ1v) is 8.74. The van der Waals surface area contributed by atoms with E-state index in [-0.39, 0.29) is 0 Å². The van der Waals surface area contributed by atoms with Crippen molar-refractivity contribution in [3.63, 3.8) is 0 Å². The number of hydrogen-bond acceptors (Lipinski definition) is 4. The minimum Gasteiger partial charge on any atom is -0.378 e. The van der Waals surface area contributed by atoms with Crippen LogP contribution in [0.25, 0.3) is 10.1 Å². The van der Waals surface area contributed by atoms with Crippen molar-refractivity contribution >= 4 is 21.4 Å². The van der Waals surface area contributed by atoms with Crippen LogP contribution < -0.4 is 5.73 Å². The Kier molecular flexibility index (Phi) is 5.25. The number of hydrogen-bond donors (Lipinski definition) is 1. The summed E-state index contributed by atoms with van der Waals surface area (Å²) in [5.41, 5.74) is 6.97. The Morgan fingerprint density at radius 1 is 1.24 bits per heavy atom. The number of nitrogens with zero attached hydrogens (tertiary/aromatic N) is 1. The Labute approximate surface area is 130 Å². The van der Waals surface area contributed by atoms with E-state index in [9.17, 15) is 0 Å². The molecule has 114 valence electrons. The van der Waals surface area contributed by atoms with Crippen LogP contribution in [0.3, 0.4) is 0 Å². The third-order valence-electron chi connectivity index (χ3n) is 4.19. The van der Waals surface area contributed by atoms with Gasteiger partial charge in [-0.1, -0.05) is 18.2 Å². The second-order valence-corrected chi connectivity index (χ2v) is 6.66. The molecule has 1 aliphatic rings. The lowest BCUT2D eigenvalue weighted by atomic mass is 10.1. The molecule has 1 aliphatic heterocycles. The highest BCUT2D eigenvalue weighted by Crippen LogP contribution is 2.27. The SMILES string of the molecule is NCCCOC1CCN(Cc2csc3ccccc23)CC1. The zero-order valence-corrected chi connectivity index (χ0v) is 13.3. The summed E-state index contributed by atoms with van der Waals surface area (Å²) in [5, 5.41) is 3.73. The van der Waals surface area contributed by atoms with Gasteiger partial charge in [-0.3, -0.25) is 4.90 Å². The van der Waals surface area contributed by atoms with Crippen LogP contribution in [-0.4, -0.2) is 37.2 Å². The van der Waals surface area contributed by atoms with Crippen LogP contribution in [0, 0.1) is 0 Å². The summed E-state index contributed by atoms with van der Waals surface area (Å²) in [6, 6.07) is 8.70. The number of nitrogens with two attached hydrogens (primary N) is 1. The van der Waals surface area contributed by atoms with Crippen molar-refractivity contribution in [2.24, 2.45) is 5.73 Å². The van der Waals surface area contributed by atoms with Crippen LogP contribution >= 0.6 is 11.3 Å². The topological polar surface area (TPSA) is 38.5 Å². The van der Waals surface area contributed by atoms with Crippen molar-refractivity contribution in [2.75, 3.05) is 26.2 Å². The molecule has 2 heterocycles. The Hall–Kier alpha value is -0.940. The number of likely N-dealkylation sites (tertiary alicyclic amines) is 1. The summed E-state index contributed by atoms with van der Waals surface area (Å²) in [7, 11) is 0. The summed E-state index contributed by atoms with van der Waals surface area (Å²) in [6.45, 7) is 4.88. The predicted molar refractivity (Wildman–Crippen MR) is 89.7 cm³/mol. The fourth-order valence-corrected chi connectivity index (χ4v) is 3.92. The van der Waals surface area contributed by atoms with Gasteiger partial charge in [-0.25, -0.2) is 0 Å². The molecule has 4 heteroatoms. The number of ether oxygens (including phenoxy) is 1. The molecule has 1 fully saturated rings. The van der Waals surface area contributed by atoms with Gasteiger partial charge < -0.3 is 10.5 Å². The highest BCUT2D eigenvalue weighted by atomic mass is 32.1. The number of benzene rings is 1. The van der Waals surface area contributed by atoms with Gasteiger partial charge in [0, 0.05) is 30.9 Å². The first-order valence-electron chi connectivity index (χ1n) is 7.86. The minimum atomic E-state index is 0.437. The monoisotopic (exact) mass is 304 g/mol. The van der Waals surface area contributed by atoms with E-state index in [4.69, 9.17) is 10.5 Å². The lowest BCUT2D eigenvalue weighted by Crippen LogP contribution is -2.36. The average Bonchev–Trinajstić information content (AvgIpc) is 2.93.